The van der Waals surface area contributed by atoms with E-state index < -0.39 is 0 Å². The summed E-state index contributed by atoms with van der Waals surface area (Å²) in [6.45, 7) is 0. The minimum absolute atomic E-state index is 0.284. The van der Waals surface area contributed by atoms with Crippen molar-refractivity contribution in [2.24, 2.45) is 0 Å². The van der Waals surface area contributed by atoms with E-state index in [1.54, 1.807) is 13.2 Å². The van der Waals surface area contributed by atoms with Gasteiger partial charge in [0, 0.05) is 16.7 Å². The van der Waals surface area contributed by atoms with Crippen LogP contribution in [-0.4, -0.2) is 13.2 Å². The molecule has 0 radical (unpaired) electrons. The van der Waals surface area contributed by atoms with E-state index in [9.17, 15) is 0 Å². The lowest BCUT2D eigenvalue weighted by Gasteiger charge is -2.18. The first-order valence-electron chi connectivity index (χ1n) is 5.83. The summed E-state index contributed by atoms with van der Waals surface area (Å²) in [6, 6.07) is 3.60. The van der Waals surface area contributed by atoms with Crippen molar-refractivity contribution in [3.8, 4) is 11.5 Å². The van der Waals surface area contributed by atoms with Gasteiger partial charge in [0.1, 0.15) is 0 Å². The maximum absolute atomic E-state index is 6.01. The van der Waals surface area contributed by atoms with Gasteiger partial charge in [0.2, 0.25) is 0 Å². The van der Waals surface area contributed by atoms with Crippen LogP contribution in [0.4, 0.5) is 0 Å². The zero-order chi connectivity index (χ0) is 12.3. The Morgan fingerprint density at radius 2 is 2.00 bits per heavy atom. The molecule has 0 aromatic heterocycles. The Morgan fingerprint density at radius 3 is 2.59 bits per heavy atom. The molecule has 0 bridgehead atoms. The Hall–Kier alpha value is -0.600. The zero-order valence-corrected chi connectivity index (χ0v) is 11.4. The van der Waals surface area contributed by atoms with Crippen LogP contribution in [0.1, 0.15) is 31.2 Å². The molecule has 17 heavy (non-hydrogen) atoms. The van der Waals surface area contributed by atoms with E-state index in [1.165, 1.54) is 12.8 Å². The Balaban J connectivity index is 2.28. The van der Waals surface area contributed by atoms with E-state index in [-0.39, 0.29) is 6.10 Å². The normalized spacial score (nSPS) is 16.2. The van der Waals surface area contributed by atoms with Crippen molar-refractivity contribution in [2.75, 3.05) is 7.11 Å². The topological polar surface area (TPSA) is 18.5 Å². The number of hydrogen-bond acceptors (Lipinski definition) is 2. The van der Waals surface area contributed by atoms with Crippen molar-refractivity contribution in [1.82, 2.24) is 0 Å². The van der Waals surface area contributed by atoms with Crippen molar-refractivity contribution < 1.29 is 9.47 Å². The third kappa shape index (κ3) is 2.99. The molecule has 1 aliphatic rings. The summed E-state index contributed by atoms with van der Waals surface area (Å²) in [5.41, 5.74) is 0.892. The highest BCUT2D eigenvalue weighted by Gasteiger charge is 2.20. The Bertz CT molecular complexity index is 362. The van der Waals surface area contributed by atoms with Crippen molar-refractivity contribution in [1.29, 1.82) is 0 Å². The molecular formula is C13H16Cl2O2. The van der Waals surface area contributed by atoms with Gasteiger partial charge in [-0.2, -0.15) is 0 Å². The van der Waals surface area contributed by atoms with Gasteiger partial charge in [-0.1, -0.05) is 11.6 Å². The van der Waals surface area contributed by atoms with Crippen molar-refractivity contribution >= 4 is 23.2 Å². The highest BCUT2D eigenvalue weighted by molar-refractivity contribution is 6.31. The minimum Gasteiger partial charge on any atom is -0.493 e. The predicted molar refractivity (Wildman–Crippen MR) is 70.4 cm³/mol. The SMILES string of the molecule is COc1cc(Cl)cc(CCl)c1OC1CCCC1. The summed E-state index contributed by atoms with van der Waals surface area (Å²) in [7, 11) is 1.62. The van der Waals surface area contributed by atoms with Crippen LogP contribution in [0.25, 0.3) is 0 Å². The van der Waals surface area contributed by atoms with Gasteiger partial charge in [0.15, 0.2) is 11.5 Å². The summed E-state index contributed by atoms with van der Waals surface area (Å²) >= 11 is 11.9. The van der Waals surface area contributed by atoms with Crippen LogP contribution in [0.5, 0.6) is 11.5 Å². The average molecular weight is 275 g/mol. The summed E-state index contributed by atoms with van der Waals surface area (Å²) < 4.78 is 11.3. The first kappa shape index (κ1) is 12.8. The third-order valence-electron chi connectivity index (χ3n) is 3.05. The molecule has 0 saturated heterocycles. The summed E-state index contributed by atoms with van der Waals surface area (Å²) in [5.74, 6) is 1.79. The monoisotopic (exact) mass is 274 g/mol. The number of halogens is 2. The lowest BCUT2D eigenvalue weighted by atomic mass is 10.2. The van der Waals surface area contributed by atoms with Gasteiger partial charge < -0.3 is 9.47 Å². The molecule has 1 saturated carbocycles. The number of alkyl halides is 1. The maximum Gasteiger partial charge on any atom is 0.166 e. The zero-order valence-electron chi connectivity index (χ0n) is 9.84. The van der Waals surface area contributed by atoms with Gasteiger partial charge in [0.25, 0.3) is 0 Å². The second kappa shape index (κ2) is 5.83. The average Bonchev–Trinajstić information content (AvgIpc) is 2.83. The van der Waals surface area contributed by atoms with E-state index in [0.29, 0.717) is 16.7 Å². The predicted octanol–water partition coefficient (Wildman–Crippen LogP) is 4.41. The van der Waals surface area contributed by atoms with E-state index in [4.69, 9.17) is 32.7 Å². The van der Waals surface area contributed by atoms with Crippen LogP contribution >= 0.6 is 23.2 Å². The molecule has 0 aliphatic heterocycles. The molecule has 2 nitrogen and oxygen atoms in total. The molecule has 1 aliphatic carbocycles. The fraction of sp³-hybridized carbons (Fsp3) is 0.538. The molecule has 0 atom stereocenters. The van der Waals surface area contributed by atoms with Crippen molar-refractivity contribution in [2.45, 2.75) is 37.7 Å². The molecule has 0 heterocycles. The molecule has 4 heteroatoms. The second-order valence-corrected chi connectivity index (χ2v) is 4.96. The fourth-order valence-corrected chi connectivity index (χ4v) is 2.61. The van der Waals surface area contributed by atoms with Crippen LogP contribution in [0, 0.1) is 0 Å². The fourth-order valence-electron chi connectivity index (χ4n) is 2.18. The molecule has 94 valence electrons. The lowest BCUT2D eigenvalue weighted by Crippen LogP contribution is -2.12. The highest BCUT2D eigenvalue weighted by atomic mass is 35.5. The van der Waals surface area contributed by atoms with Crippen LogP contribution in [0.2, 0.25) is 5.02 Å². The Kier molecular flexibility index (Phi) is 4.41. The molecular weight excluding hydrogens is 259 g/mol. The van der Waals surface area contributed by atoms with Gasteiger partial charge in [0.05, 0.1) is 19.1 Å². The highest BCUT2D eigenvalue weighted by Crippen LogP contribution is 2.38. The summed E-state index contributed by atoms with van der Waals surface area (Å²) in [6.07, 6.45) is 4.96. The van der Waals surface area contributed by atoms with Gasteiger partial charge in [-0.3, -0.25) is 0 Å². The maximum atomic E-state index is 6.01. The standard InChI is InChI=1S/C13H16Cl2O2/c1-16-12-7-10(15)6-9(8-14)13(12)17-11-4-2-3-5-11/h6-7,11H,2-5,8H2,1H3. The molecule has 1 aromatic carbocycles. The van der Waals surface area contributed by atoms with Gasteiger partial charge >= 0.3 is 0 Å². The first-order chi connectivity index (χ1) is 8.24. The van der Waals surface area contributed by atoms with Gasteiger partial charge in [-0.15, -0.1) is 11.6 Å². The molecule has 1 fully saturated rings. The number of hydrogen-bond donors (Lipinski definition) is 0. The van der Waals surface area contributed by atoms with E-state index in [0.717, 1.165) is 24.2 Å². The second-order valence-electron chi connectivity index (χ2n) is 4.25. The molecule has 0 amide bonds. The Morgan fingerprint density at radius 1 is 1.29 bits per heavy atom. The number of benzene rings is 1. The van der Waals surface area contributed by atoms with Crippen LogP contribution in [0.15, 0.2) is 12.1 Å². The summed E-state index contributed by atoms with van der Waals surface area (Å²) in [5, 5.41) is 0.622. The molecule has 2 rings (SSSR count). The van der Waals surface area contributed by atoms with Gasteiger partial charge in [-0.05, 0) is 31.7 Å². The van der Waals surface area contributed by atoms with Crippen molar-refractivity contribution in [3.05, 3.63) is 22.7 Å². The largest absolute Gasteiger partial charge is 0.493 e. The molecule has 0 spiro atoms. The van der Waals surface area contributed by atoms with Crippen LogP contribution in [-0.2, 0) is 5.88 Å². The van der Waals surface area contributed by atoms with E-state index >= 15 is 0 Å². The first-order valence-corrected chi connectivity index (χ1v) is 6.75. The third-order valence-corrected chi connectivity index (χ3v) is 3.55. The lowest BCUT2D eigenvalue weighted by molar-refractivity contribution is 0.199. The molecule has 0 N–H and O–H groups in total. The number of rotatable bonds is 4. The van der Waals surface area contributed by atoms with Crippen LogP contribution in [0.3, 0.4) is 0 Å². The van der Waals surface area contributed by atoms with Crippen molar-refractivity contribution in [3.63, 3.8) is 0 Å². The van der Waals surface area contributed by atoms with Gasteiger partial charge in [-0.25, -0.2) is 0 Å². The number of ether oxygens (including phenoxy) is 2. The smallest absolute Gasteiger partial charge is 0.166 e. The van der Waals surface area contributed by atoms with E-state index in [1.807, 2.05) is 6.07 Å². The summed E-state index contributed by atoms with van der Waals surface area (Å²) in [4.78, 5) is 0. The minimum atomic E-state index is 0.284. The molecule has 0 unspecified atom stereocenters. The molecule has 1 aromatic rings. The van der Waals surface area contributed by atoms with E-state index in [2.05, 4.69) is 0 Å². The Labute approximate surface area is 112 Å². The number of methoxy groups -OCH3 is 1. The van der Waals surface area contributed by atoms with Crippen LogP contribution < -0.4 is 9.47 Å². The quantitative estimate of drug-likeness (QED) is 0.758.